The van der Waals surface area contributed by atoms with Crippen LogP contribution in [-0.4, -0.2) is 13.2 Å². The second-order valence-corrected chi connectivity index (χ2v) is 3.24. The molecule has 0 aromatic heterocycles. The van der Waals surface area contributed by atoms with Crippen molar-refractivity contribution in [1.29, 1.82) is 0 Å². The topological polar surface area (TPSA) is 21.8 Å². The maximum Gasteiger partial charge on any atom is 0.122 e. The van der Waals surface area contributed by atoms with Crippen molar-refractivity contribution in [1.82, 2.24) is 0 Å². The summed E-state index contributed by atoms with van der Waals surface area (Å²) in [6.07, 6.45) is 1.41. The number of benzene rings is 1. The summed E-state index contributed by atoms with van der Waals surface area (Å²) in [5, 5.41) is 0. The first-order valence-corrected chi connectivity index (χ1v) is 4.31. The molecule has 0 bridgehead atoms. The summed E-state index contributed by atoms with van der Waals surface area (Å²) < 4.78 is 10.7. The lowest BCUT2D eigenvalue weighted by atomic mass is 10.0. The Morgan fingerprint density at radius 3 is 3.08 bits per heavy atom. The van der Waals surface area contributed by atoms with Crippen LogP contribution in [0.15, 0.2) is 18.2 Å². The fourth-order valence-corrected chi connectivity index (χ4v) is 1.78. The predicted octanol–water partition coefficient (Wildman–Crippen LogP) is 1.69. The Bertz CT molecular complexity index is 316. The van der Waals surface area contributed by atoms with Crippen molar-refractivity contribution >= 4 is 0 Å². The SMILES string of the molecule is c1cc2c(c(C3CO3)c1)CCO2. The van der Waals surface area contributed by atoms with Gasteiger partial charge in [0.1, 0.15) is 11.9 Å². The van der Waals surface area contributed by atoms with Crippen LogP contribution in [0, 0.1) is 0 Å². The molecule has 1 fully saturated rings. The van der Waals surface area contributed by atoms with Crippen LogP contribution in [0.4, 0.5) is 0 Å². The molecule has 0 saturated carbocycles. The quantitative estimate of drug-likeness (QED) is 0.586. The third-order valence-electron chi connectivity index (χ3n) is 2.46. The van der Waals surface area contributed by atoms with Crippen molar-refractivity contribution in [2.24, 2.45) is 0 Å². The highest BCUT2D eigenvalue weighted by molar-refractivity contribution is 5.44. The van der Waals surface area contributed by atoms with Gasteiger partial charge in [0, 0.05) is 12.0 Å². The predicted molar refractivity (Wildman–Crippen MR) is 44.3 cm³/mol. The lowest BCUT2D eigenvalue weighted by Crippen LogP contribution is -1.88. The van der Waals surface area contributed by atoms with Crippen LogP contribution in [0.25, 0.3) is 0 Å². The van der Waals surface area contributed by atoms with Gasteiger partial charge in [-0.2, -0.15) is 0 Å². The smallest absolute Gasteiger partial charge is 0.122 e. The minimum absolute atomic E-state index is 0.363. The highest BCUT2D eigenvalue weighted by Gasteiger charge is 2.29. The average molecular weight is 162 g/mol. The van der Waals surface area contributed by atoms with Crippen LogP contribution >= 0.6 is 0 Å². The van der Waals surface area contributed by atoms with Crippen molar-refractivity contribution in [2.45, 2.75) is 12.5 Å². The Kier molecular flexibility index (Phi) is 1.21. The summed E-state index contributed by atoms with van der Waals surface area (Å²) in [7, 11) is 0. The molecule has 0 spiro atoms. The van der Waals surface area contributed by atoms with Crippen LogP contribution < -0.4 is 4.74 Å². The van der Waals surface area contributed by atoms with Gasteiger partial charge in [0.15, 0.2) is 0 Å². The lowest BCUT2D eigenvalue weighted by molar-refractivity contribution is 0.357. The molecular formula is C10H10O2. The van der Waals surface area contributed by atoms with E-state index in [0.29, 0.717) is 6.10 Å². The van der Waals surface area contributed by atoms with E-state index in [9.17, 15) is 0 Å². The molecule has 2 aliphatic heterocycles. The van der Waals surface area contributed by atoms with Gasteiger partial charge in [-0.1, -0.05) is 12.1 Å². The van der Waals surface area contributed by atoms with Crippen molar-refractivity contribution in [3.05, 3.63) is 29.3 Å². The maximum atomic E-state index is 5.46. The molecule has 2 heterocycles. The Hall–Kier alpha value is -1.02. The first kappa shape index (κ1) is 6.49. The fourth-order valence-electron chi connectivity index (χ4n) is 1.78. The summed E-state index contributed by atoms with van der Waals surface area (Å²) in [6.45, 7) is 1.72. The van der Waals surface area contributed by atoms with Gasteiger partial charge in [0.25, 0.3) is 0 Å². The molecule has 0 amide bonds. The molecule has 1 saturated heterocycles. The molecule has 3 rings (SSSR count). The average Bonchev–Trinajstić information content (AvgIpc) is 2.82. The van der Waals surface area contributed by atoms with E-state index in [4.69, 9.17) is 9.47 Å². The van der Waals surface area contributed by atoms with E-state index in [0.717, 1.165) is 25.4 Å². The number of rotatable bonds is 1. The van der Waals surface area contributed by atoms with E-state index in [2.05, 4.69) is 6.07 Å². The van der Waals surface area contributed by atoms with Crippen molar-refractivity contribution in [3.63, 3.8) is 0 Å². The molecule has 0 radical (unpaired) electrons. The number of hydrogen-bond acceptors (Lipinski definition) is 2. The molecule has 2 nitrogen and oxygen atoms in total. The number of ether oxygens (including phenoxy) is 2. The van der Waals surface area contributed by atoms with Gasteiger partial charge in [0.2, 0.25) is 0 Å². The molecule has 62 valence electrons. The molecular weight excluding hydrogens is 152 g/mol. The van der Waals surface area contributed by atoms with E-state index in [1.54, 1.807) is 0 Å². The van der Waals surface area contributed by atoms with Gasteiger partial charge in [-0.15, -0.1) is 0 Å². The fraction of sp³-hybridized carbons (Fsp3) is 0.400. The molecule has 1 aromatic carbocycles. The first-order chi connectivity index (χ1) is 5.95. The monoisotopic (exact) mass is 162 g/mol. The summed E-state index contributed by atoms with van der Waals surface area (Å²) in [5.41, 5.74) is 2.70. The normalized spacial score (nSPS) is 24.8. The summed E-state index contributed by atoms with van der Waals surface area (Å²) in [4.78, 5) is 0. The van der Waals surface area contributed by atoms with Crippen molar-refractivity contribution < 1.29 is 9.47 Å². The number of hydrogen-bond donors (Lipinski definition) is 0. The Morgan fingerprint density at radius 2 is 2.25 bits per heavy atom. The largest absolute Gasteiger partial charge is 0.493 e. The van der Waals surface area contributed by atoms with Gasteiger partial charge in [-0.05, 0) is 11.6 Å². The van der Waals surface area contributed by atoms with E-state index < -0.39 is 0 Å². The molecule has 2 heteroatoms. The second-order valence-electron chi connectivity index (χ2n) is 3.24. The second kappa shape index (κ2) is 2.23. The van der Waals surface area contributed by atoms with E-state index >= 15 is 0 Å². The van der Waals surface area contributed by atoms with Crippen molar-refractivity contribution in [3.8, 4) is 5.75 Å². The summed E-state index contributed by atoms with van der Waals surface area (Å²) in [5.74, 6) is 1.06. The minimum atomic E-state index is 0.363. The lowest BCUT2D eigenvalue weighted by Gasteiger charge is -2.02. The Morgan fingerprint density at radius 1 is 1.33 bits per heavy atom. The van der Waals surface area contributed by atoms with Crippen LogP contribution in [0.3, 0.4) is 0 Å². The Labute approximate surface area is 71.1 Å². The molecule has 2 aliphatic rings. The zero-order valence-electron chi connectivity index (χ0n) is 6.75. The third kappa shape index (κ3) is 0.847. The van der Waals surface area contributed by atoms with Crippen molar-refractivity contribution in [2.75, 3.05) is 13.2 Å². The number of epoxide rings is 1. The molecule has 1 unspecified atom stereocenters. The minimum Gasteiger partial charge on any atom is -0.493 e. The highest BCUT2D eigenvalue weighted by atomic mass is 16.6. The van der Waals surface area contributed by atoms with Crippen LogP contribution in [-0.2, 0) is 11.2 Å². The molecule has 1 atom stereocenters. The molecule has 0 N–H and O–H groups in total. The van der Waals surface area contributed by atoms with Crippen LogP contribution in [0.1, 0.15) is 17.2 Å². The zero-order valence-corrected chi connectivity index (χ0v) is 6.75. The van der Waals surface area contributed by atoms with Gasteiger partial charge < -0.3 is 9.47 Å². The van der Waals surface area contributed by atoms with E-state index in [1.165, 1.54) is 11.1 Å². The van der Waals surface area contributed by atoms with Gasteiger partial charge >= 0.3 is 0 Å². The zero-order chi connectivity index (χ0) is 7.97. The highest BCUT2D eigenvalue weighted by Crippen LogP contribution is 2.38. The molecule has 1 aromatic rings. The molecule has 12 heavy (non-hydrogen) atoms. The summed E-state index contributed by atoms with van der Waals surface area (Å²) >= 11 is 0. The van der Waals surface area contributed by atoms with Gasteiger partial charge in [-0.3, -0.25) is 0 Å². The number of fused-ring (bicyclic) bond motifs is 1. The van der Waals surface area contributed by atoms with Gasteiger partial charge in [-0.25, -0.2) is 0 Å². The van der Waals surface area contributed by atoms with Crippen LogP contribution in [0.5, 0.6) is 5.75 Å². The molecule has 0 aliphatic carbocycles. The van der Waals surface area contributed by atoms with Crippen LogP contribution in [0.2, 0.25) is 0 Å². The van der Waals surface area contributed by atoms with Gasteiger partial charge in [0.05, 0.1) is 13.2 Å². The van der Waals surface area contributed by atoms with E-state index in [1.807, 2.05) is 12.1 Å². The third-order valence-corrected chi connectivity index (χ3v) is 2.46. The van der Waals surface area contributed by atoms with E-state index in [-0.39, 0.29) is 0 Å². The first-order valence-electron chi connectivity index (χ1n) is 4.31. The Balaban J connectivity index is 2.12. The maximum absolute atomic E-state index is 5.46. The standard InChI is InChI=1S/C10H10O2/c1-2-7(10-6-12-10)8-4-5-11-9(8)3-1/h1-3,10H,4-6H2. The summed E-state index contributed by atoms with van der Waals surface area (Å²) in [6, 6.07) is 6.22.